The van der Waals surface area contributed by atoms with Crippen LogP contribution in [0.25, 0.3) is 33.3 Å². The molecule has 0 saturated carbocycles. The first-order valence-corrected chi connectivity index (χ1v) is 11.8. The summed E-state index contributed by atoms with van der Waals surface area (Å²) in [4.78, 5) is 4.51. The third-order valence-electron chi connectivity index (χ3n) is 5.83. The van der Waals surface area contributed by atoms with Gasteiger partial charge in [0.05, 0.1) is 36.7 Å². The van der Waals surface area contributed by atoms with Crippen molar-refractivity contribution in [3.05, 3.63) is 49.1 Å². The van der Waals surface area contributed by atoms with E-state index in [-0.39, 0.29) is 19.5 Å². The number of aromatic nitrogens is 6. The molecule has 0 spiro atoms. The molecule has 4 heterocycles. The number of fused-ring (bicyclic) bond motifs is 1. The fraction of sp³-hybridized carbons (Fsp3) is 0.286. The van der Waals surface area contributed by atoms with Crippen molar-refractivity contribution in [2.75, 3.05) is 19.3 Å². The van der Waals surface area contributed by atoms with Gasteiger partial charge >= 0.3 is 0 Å². The zero-order chi connectivity index (χ0) is 22.5. The minimum Gasteiger partial charge on any atom is -0.275 e. The van der Waals surface area contributed by atoms with Crippen LogP contribution in [-0.4, -0.2) is 61.8 Å². The van der Waals surface area contributed by atoms with Gasteiger partial charge in [0.15, 0.2) is 0 Å². The predicted octanol–water partition coefficient (Wildman–Crippen LogP) is 1.78. The van der Waals surface area contributed by atoms with E-state index in [0.717, 1.165) is 27.6 Å². The summed E-state index contributed by atoms with van der Waals surface area (Å²) in [6.07, 6.45) is 8.55. The van der Waals surface area contributed by atoms with E-state index in [1.807, 2.05) is 37.5 Å². The molecule has 4 aromatic rings. The van der Waals surface area contributed by atoms with E-state index in [1.165, 1.54) is 10.6 Å². The maximum atomic E-state index is 11.9. The molecular weight excluding hydrogens is 428 g/mol. The third kappa shape index (κ3) is 3.34. The Hall–Kier alpha value is -3.62. The molecule has 162 valence electrons. The Labute approximate surface area is 184 Å². The Morgan fingerprint density at radius 2 is 2.03 bits per heavy atom. The molecule has 10 nitrogen and oxygen atoms in total. The molecule has 5 rings (SSSR count). The van der Waals surface area contributed by atoms with E-state index in [0.29, 0.717) is 5.69 Å². The highest BCUT2D eigenvalue weighted by atomic mass is 32.2. The van der Waals surface area contributed by atoms with Gasteiger partial charge in [-0.1, -0.05) is 11.3 Å². The number of pyridine rings is 1. The average molecular weight is 449 g/mol. The van der Waals surface area contributed by atoms with Crippen molar-refractivity contribution in [2.24, 2.45) is 7.05 Å². The molecule has 0 unspecified atom stereocenters. The summed E-state index contributed by atoms with van der Waals surface area (Å²) in [6, 6.07) is 10.0. The maximum Gasteiger partial charge on any atom is 0.211 e. The average Bonchev–Trinajstić information content (AvgIpc) is 3.38. The van der Waals surface area contributed by atoms with Gasteiger partial charge in [-0.15, -0.1) is 5.10 Å². The molecule has 1 aliphatic heterocycles. The van der Waals surface area contributed by atoms with Crippen molar-refractivity contribution in [3.8, 4) is 28.5 Å². The van der Waals surface area contributed by atoms with Crippen LogP contribution >= 0.6 is 0 Å². The quantitative estimate of drug-likeness (QED) is 0.456. The highest BCUT2D eigenvalue weighted by molar-refractivity contribution is 7.88. The lowest BCUT2D eigenvalue weighted by molar-refractivity contribution is 0.0704. The van der Waals surface area contributed by atoms with Crippen molar-refractivity contribution >= 4 is 20.9 Å². The fourth-order valence-electron chi connectivity index (χ4n) is 4.08. The molecule has 1 fully saturated rings. The monoisotopic (exact) mass is 448 g/mol. The number of nitrogens with zero attached hydrogens (tertiary/aromatic N) is 8. The van der Waals surface area contributed by atoms with Crippen molar-refractivity contribution < 1.29 is 8.42 Å². The first-order valence-electron chi connectivity index (χ1n) is 9.92. The van der Waals surface area contributed by atoms with Crippen molar-refractivity contribution in [1.82, 2.24) is 34.1 Å². The van der Waals surface area contributed by atoms with Crippen LogP contribution in [0.1, 0.15) is 6.42 Å². The van der Waals surface area contributed by atoms with Gasteiger partial charge in [-0.25, -0.2) is 13.1 Å². The summed E-state index contributed by atoms with van der Waals surface area (Å²) in [5.74, 6) is 0. The Bertz CT molecular complexity index is 1470. The normalized spacial score (nSPS) is 16.0. The van der Waals surface area contributed by atoms with Gasteiger partial charge in [0.2, 0.25) is 10.0 Å². The lowest BCUT2D eigenvalue weighted by atomic mass is 9.89. The number of nitriles is 1. The van der Waals surface area contributed by atoms with Crippen LogP contribution in [0, 0.1) is 11.3 Å². The molecule has 1 aliphatic rings. The second-order valence-corrected chi connectivity index (χ2v) is 10.1. The van der Waals surface area contributed by atoms with E-state index in [2.05, 4.69) is 26.5 Å². The molecule has 0 bridgehead atoms. The van der Waals surface area contributed by atoms with Gasteiger partial charge in [0.1, 0.15) is 11.2 Å². The van der Waals surface area contributed by atoms with Crippen LogP contribution in [0.3, 0.4) is 0 Å². The van der Waals surface area contributed by atoms with Gasteiger partial charge in [-0.2, -0.15) is 14.7 Å². The van der Waals surface area contributed by atoms with Gasteiger partial charge < -0.3 is 0 Å². The summed E-state index contributed by atoms with van der Waals surface area (Å²) < 4.78 is 28.4. The molecule has 0 atom stereocenters. The van der Waals surface area contributed by atoms with E-state index in [9.17, 15) is 13.7 Å². The van der Waals surface area contributed by atoms with Crippen LogP contribution in [0.15, 0.2) is 49.1 Å². The zero-order valence-electron chi connectivity index (χ0n) is 17.5. The summed E-state index contributed by atoms with van der Waals surface area (Å²) in [7, 11) is -1.46. The highest BCUT2D eigenvalue weighted by Gasteiger charge is 2.49. The zero-order valence-corrected chi connectivity index (χ0v) is 18.4. The summed E-state index contributed by atoms with van der Waals surface area (Å²) in [6.45, 7) is 0.389. The Kier molecular flexibility index (Phi) is 4.58. The largest absolute Gasteiger partial charge is 0.275 e. The first-order chi connectivity index (χ1) is 15.3. The molecule has 32 heavy (non-hydrogen) atoms. The number of aryl methyl sites for hydroxylation is 1. The van der Waals surface area contributed by atoms with Crippen LogP contribution in [0.2, 0.25) is 0 Å². The van der Waals surface area contributed by atoms with E-state index >= 15 is 0 Å². The molecule has 0 N–H and O–H groups in total. The Morgan fingerprint density at radius 1 is 1.22 bits per heavy atom. The van der Waals surface area contributed by atoms with Gasteiger partial charge in [-0.05, 0) is 23.8 Å². The van der Waals surface area contributed by atoms with Crippen LogP contribution < -0.4 is 0 Å². The summed E-state index contributed by atoms with van der Waals surface area (Å²) in [5.41, 5.74) is 3.48. The van der Waals surface area contributed by atoms with Gasteiger partial charge in [0, 0.05) is 49.0 Å². The minimum absolute atomic E-state index is 0.139. The minimum atomic E-state index is -3.33. The van der Waals surface area contributed by atoms with Crippen LogP contribution in [0.5, 0.6) is 0 Å². The Balaban J connectivity index is 1.59. The van der Waals surface area contributed by atoms with Gasteiger partial charge in [0.25, 0.3) is 0 Å². The Morgan fingerprint density at radius 3 is 2.72 bits per heavy atom. The number of hydrogen-bond acceptors (Lipinski definition) is 7. The molecule has 1 aromatic carbocycles. The third-order valence-corrected chi connectivity index (χ3v) is 7.03. The molecule has 0 aliphatic carbocycles. The molecule has 0 radical (unpaired) electrons. The lowest BCUT2D eigenvalue weighted by Crippen LogP contribution is -2.63. The highest BCUT2D eigenvalue weighted by Crippen LogP contribution is 2.36. The van der Waals surface area contributed by atoms with Crippen molar-refractivity contribution in [1.29, 1.82) is 5.26 Å². The van der Waals surface area contributed by atoms with E-state index < -0.39 is 15.6 Å². The lowest BCUT2D eigenvalue weighted by Gasteiger charge is -2.46. The maximum absolute atomic E-state index is 11.9. The standard InChI is InChI=1S/C21H20N8O2S/c1-27-11-16(10-24-27)15-8-18(17-4-3-7-23-19(17)9-15)20-12-29(26-25-20)21(5-6-22)13-28(14-21)32(2,30)31/h3-4,7-12H,5,13-14H2,1-2H3. The number of sulfonamides is 1. The molecule has 11 heteroatoms. The second kappa shape index (κ2) is 7.22. The fourth-order valence-corrected chi connectivity index (χ4v) is 5.03. The second-order valence-electron chi connectivity index (χ2n) is 8.14. The van der Waals surface area contributed by atoms with E-state index in [4.69, 9.17) is 0 Å². The molecular formula is C21H20N8O2S. The van der Waals surface area contributed by atoms with Crippen molar-refractivity contribution in [3.63, 3.8) is 0 Å². The molecule has 0 amide bonds. The molecule has 1 saturated heterocycles. The van der Waals surface area contributed by atoms with Gasteiger partial charge in [-0.3, -0.25) is 9.67 Å². The molecule has 3 aromatic heterocycles. The first kappa shape index (κ1) is 20.3. The predicted molar refractivity (Wildman–Crippen MR) is 118 cm³/mol. The SMILES string of the molecule is Cn1cc(-c2cc(-c3cn(C4(CC#N)CN(S(C)(=O)=O)C4)nn3)c3cccnc3c2)cn1. The number of hydrogen-bond donors (Lipinski definition) is 0. The van der Waals surface area contributed by atoms with E-state index in [1.54, 1.807) is 28.0 Å². The van der Waals surface area contributed by atoms with Crippen molar-refractivity contribution in [2.45, 2.75) is 12.0 Å². The van der Waals surface area contributed by atoms with Crippen LogP contribution in [-0.2, 0) is 22.6 Å². The smallest absolute Gasteiger partial charge is 0.211 e. The number of rotatable bonds is 5. The number of benzene rings is 1. The van der Waals surface area contributed by atoms with Crippen LogP contribution in [0.4, 0.5) is 0 Å². The summed E-state index contributed by atoms with van der Waals surface area (Å²) >= 11 is 0. The topological polar surface area (TPSA) is 123 Å². The summed E-state index contributed by atoms with van der Waals surface area (Å²) in [5, 5.41) is 23.2.